The Labute approximate surface area is 214 Å². The van der Waals surface area contributed by atoms with Crippen molar-refractivity contribution in [2.24, 2.45) is 0 Å². The second-order valence-corrected chi connectivity index (χ2v) is 9.99. The van der Waals surface area contributed by atoms with Gasteiger partial charge in [-0.2, -0.15) is 5.26 Å². The highest BCUT2D eigenvalue weighted by atomic mass is 32.1. The largest absolute Gasteiger partial charge is 0.379 e. The summed E-state index contributed by atoms with van der Waals surface area (Å²) in [6.07, 6.45) is 3.32. The van der Waals surface area contributed by atoms with Crippen LogP contribution in [0.5, 0.6) is 0 Å². The van der Waals surface area contributed by atoms with E-state index in [1.165, 1.54) is 4.90 Å². The summed E-state index contributed by atoms with van der Waals surface area (Å²) in [5, 5.41) is 14.1. The third kappa shape index (κ3) is 3.68. The number of carbonyl (C=O) groups is 2. The highest BCUT2D eigenvalue weighted by Gasteiger charge is 2.62. The van der Waals surface area contributed by atoms with Crippen molar-refractivity contribution in [3.8, 4) is 6.07 Å². The summed E-state index contributed by atoms with van der Waals surface area (Å²) in [5.41, 5.74) is 1.36. The summed E-state index contributed by atoms with van der Waals surface area (Å²) in [7, 11) is 0. The number of ether oxygens (including phenoxy) is 1. The molecule has 10 nitrogen and oxygen atoms in total. The maximum atomic E-state index is 13.7. The van der Waals surface area contributed by atoms with E-state index < -0.39 is 6.04 Å². The zero-order valence-corrected chi connectivity index (χ0v) is 20.6. The normalized spacial score (nSPS) is 25.5. The Balaban J connectivity index is 1.16. The van der Waals surface area contributed by atoms with Crippen molar-refractivity contribution in [1.29, 1.82) is 5.26 Å². The van der Waals surface area contributed by atoms with E-state index in [1.54, 1.807) is 35.4 Å². The minimum absolute atomic E-state index is 0.0580. The van der Waals surface area contributed by atoms with Crippen LogP contribution in [0.2, 0.25) is 0 Å². The molecular formula is C25H27N7O3S. The number of nitrogens with one attached hydrogen (secondary N) is 1. The quantitative estimate of drug-likeness (QED) is 0.366. The van der Waals surface area contributed by atoms with Crippen LogP contribution < -0.4 is 10.2 Å². The number of fused-ring (bicyclic) bond motifs is 6. The molecule has 2 unspecified atom stereocenters. The fourth-order valence-electron chi connectivity index (χ4n) is 5.98. The number of anilines is 1. The van der Waals surface area contributed by atoms with Crippen molar-refractivity contribution in [3.63, 3.8) is 0 Å². The molecular weight excluding hydrogens is 478 g/mol. The highest BCUT2D eigenvalue weighted by molar-refractivity contribution is 7.80. The Hall–Kier alpha value is -3.33. The predicted octanol–water partition coefficient (Wildman–Crippen LogP) is 1.30. The molecule has 0 saturated carbocycles. The van der Waals surface area contributed by atoms with Gasteiger partial charge in [-0.1, -0.05) is 0 Å². The molecule has 1 N–H and O–H groups in total. The van der Waals surface area contributed by atoms with Gasteiger partial charge in [0.25, 0.3) is 5.91 Å². The molecule has 4 aliphatic heterocycles. The molecule has 11 heteroatoms. The van der Waals surface area contributed by atoms with Crippen LogP contribution in [0.1, 0.15) is 18.4 Å². The molecule has 1 aromatic carbocycles. The smallest absolute Gasteiger partial charge is 0.332 e. The summed E-state index contributed by atoms with van der Waals surface area (Å²) < 4.78 is 5.40. The molecule has 0 spiro atoms. The maximum Gasteiger partial charge on any atom is 0.332 e. The van der Waals surface area contributed by atoms with Gasteiger partial charge in [0.15, 0.2) is 5.11 Å². The first-order valence-corrected chi connectivity index (χ1v) is 12.8. The average molecular weight is 506 g/mol. The predicted molar refractivity (Wildman–Crippen MR) is 136 cm³/mol. The van der Waals surface area contributed by atoms with E-state index in [9.17, 15) is 14.9 Å². The second-order valence-electron chi connectivity index (χ2n) is 9.60. The van der Waals surface area contributed by atoms with Gasteiger partial charge >= 0.3 is 6.03 Å². The molecule has 4 saturated heterocycles. The van der Waals surface area contributed by atoms with Crippen LogP contribution in [0.3, 0.4) is 0 Å². The van der Waals surface area contributed by atoms with Gasteiger partial charge in [-0.15, -0.1) is 0 Å². The standard InChI is InChI=1S/C25H27N7O3S/c26-14-16-4-5-19(18-3-1-6-27-21(16)18)32-23(33)22-20-13-17(31(22)25(32)34)15-30(20)24(36)28-7-2-8-29-9-11-35-12-10-29/h1,3-6,17,20,22H,2,7-13,15H2,(H,28,36)/t17-,20?,22?/m1/s1. The number of pyridine rings is 1. The minimum atomic E-state index is -0.563. The summed E-state index contributed by atoms with van der Waals surface area (Å²) in [6, 6.07) is 7.88. The molecule has 3 amide bonds. The number of hydrogen-bond donors (Lipinski definition) is 1. The Kier molecular flexibility index (Phi) is 5.95. The van der Waals surface area contributed by atoms with Crippen LogP contribution in [0.15, 0.2) is 30.5 Å². The first-order valence-electron chi connectivity index (χ1n) is 12.4. The number of nitriles is 1. The number of morpholine rings is 1. The highest BCUT2D eigenvalue weighted by Crippen LogP contribution is 2.43. The average Bonchev–Trinajstić information content (AvgIpc) is 3.58. The lowest BCUT2D eigenvalue weighted by molar-refractivity contribution is -0.120. The minimum Gasteiger partial charge on any atom is -0.379 e. The van der Waals surface area contributed by atoms with Crippen LogP contribution in [0.25, 0.3) is 10.9 Å². The molecule has 6 rings (SSSR count). The number of aromatic nitrogens is 1. The van der Waals surface area contributed by atoms with E-state index in [0.29, 0.717) is 33.8 Å². The Bertz CT molecular complexity index is 1270. The lowest BCUT2D eigenvalue weighted by Gasteiger charge is -2.36. The summed E-state index contributed by atoms with van der Waals surface area (Å²) in [4.78, 5) is 38.9. The van der Waals surface area contributed by atoms with Gasteiger partial charge in [0.2, 0.25) is 0 Å². The van der Waals surface area contributed by atoms with E-state index in [-0.39, 0.29) is 24.0 Å². The Morgan fingerprint density at radius 3 is 2.89 bits per heavy atom. The number of carbonyl (C=O) groups excluding carboxylic acids is 2. The maximum absolute atomic E-state index is 13.7. The second kappa shape index (κ2) is 9.28. The third-order valence-corrected chi connectivity index (χ3v) is 8.04. The first-order chi connectivity index (χ1) is 17.6. The van der Waals surface area contributed by atoms with E-state index in [1.807, 2.05) is 0 Å². The van der Waals surface area contributed by atoms with Gasteiger partial charge in [-0.25, -0.2) is 9.69 Å². The van der Waals surface area contributed by atoms with E-state index in [0.717, 1.165) is 52.2 Å². The zero-order valence-electron chi connectivity index (χ0n) is 19.8. The van der Waals surface area contributed by atoms with Crippen molar-refractivity contribution in [3.05, 3.63) is 36.0 Å². The van der Waals surface area contributed by atoms with Crippen LogP contribution in [-0.2, 0) is 9.53 Å². The molecule has 0 radical (unpaired) electrons. The monoisotopic (exact) mass is 505 g/mol. The number of imide groups is 1. The van der Waals surface area contributed by atoms with Crippen molar-refractivity contribution in [2.75, 3.05) is 50.8 Å². The number of nitrogens with zero attached hydrogens (tertiary/aromatic N) is 6. The summed E-state index contributed by atoms with van der Waals surface area (Å²) >= 11 is 5.70. The Morgan fingerprint density at radius 1 is 1.25 bits per heavy atom. The van der Waals surface area contributed by atoms with Crippen LogP contribution in [0, 0.1) is 11.3 Å². The SMILES string of the molecule is N#Cc1ccc(N2C(=O)C3C4C[C@H](CN4C(=S)NCCCN4CCOCC4)N3C2=O)c2cccnc12. The molecule has 1 aromatic heterocycles. The number of piperazine rings is 1. The number of hydrogen-bond acceptors (Lipinski definition) is 7. The van der Waals surface area contributed by atoms with Gasteiger partial charge in [0.1, 0.15) is 12.1 Å². The molecule has 2 aromatic rings. The van der Waals surface area contributed by atoms with Crippen molar-refractivity contribution >= 4 is 45.9 Å². The fourth-order valence-corrected chi connectivity index (χ4v) is 6.29. The molecule has 0 aliphatic carbocycles. The fraction of sp³-hybridized carbons (Fsp3) is 0.480. The molecule has 3 atom stereocenters. The Morgan fingerprint density at radius 2 is 2.08 bits per heavy atom. The topological polar surface area (TPSA) is 105 Å². The lowest BCUT2D eigenvalue weighted by Crippen LogP contribution is -2.57. The molecule has 5 heterocycles. The number of urea groups is 1. The van der Waals surface area contributed by atoms with E-state index in [4.69, 9.17) is 17.0 Å². The zero-order chi connectivity index (χ0) is 24.8. The van der Waals surface area contributed by atoms with E-state index in [2.05, 4.69) is 26.2 Å². The van der Waals surface area contributed by atoms with Crippen LogP contribution in [-0.4, -0.2) is 101 Å². The lowest BCUT2D eigenvalue weighted by atomic mass is 10.1. The van der Waals surface area contributed by atoms with Crippen molar-refractivity contribution in [2.45, 2.75) is 31.0 Å². The van der Waals surface area contributed by atoms with Gasteiger partial charge in [-0.05, 0) is 55.9 Å². The van der Waals surface area contributed by atoms with Gasteiger partial charge < -0.3 is 19.9 Å². The molecule has 36 heavy (non-hydrogen) atoms. The first kappa shape index (κ1) is 23.1. The van der Waals surface area contributed by atoms with Crippen LogP contribution in [0.4, 0.5) is 10.5 Å². The number of rotatable bonds is 5. The number of amides is 3. The van der Waals surface area contributed by atoms with Gasteiger partial charge in [0, 0.05) is 37.8 Å². The number of likely N-dealkylation sites (tertiary alicyclic amines) is 1. The number of benzene rings is 1. The van der Waals surface area contributed by atoms with Gasteiger partial charge in [0.05, 0.1) is 42.1 Å². The summed E-state index contributed by atoms with van der Waals surface area (Å²) in [6.45, 7) is 5.90. The van der Waals surface area contributed by atoms with Gasteiger partial charge in [-0.3, -0.25) is 14.7 Å². The molecule has 4 fully saturated rings. The van der Waals surface area contributed by atoms with Crippen molar-refractivity contribution < 1.29 is 14.3 Å². The third-order valence-electron chi connectivity index (χ3n) is 7.66. The molecule has 186 valence electrons. The number of thiocarbonyl (C=S) groups is 1. The van der Waals surface area contributed by atoms with E-state index >= 15 is 0 Å². The summed E-state index contributed by atoms with van der Waals surface area (Å²) in [5.74, 6) is -0.248. The van der Waals surface area contributed by atoms with Crippen LogP contribution >= 0.6 is 12.2 Å². The van der Waals surface area contributed by atoms with Crippen molar-refractivity contribution in [1.82, 2.24) is 25.0 Å². The molecule has 4 aliphatic rings. The molecule has 2 bridgehead atoms.